The van der Waals surface area contributed by atoms with E-state index in [-0.39, 0.29) is 11.7 Å². The Morgan fingerprint density at radius 2 is 1.86 bits per heavy atom. The Bertz CT molecular complexity index is 1060. The van der Waals surface area contributed by atoms with Crippen molar-refractivity contribution in [3.05, 3.63) is 53.7 Å². The number of amides is 2. The molecule has 0 spiro atoms. The zero-order valence-electron chi connectivity index (χ0n) is 16.1. The molecule has 1 fully saturated rings. The van der Waals surface area contributed by atoms with Gasteiger partial charge >= 0.3 is 6.03 Å². The summed E-state index contributed by atoms with van der Waals surface area (Å²) in [6, 6.07) is 5.94. The standard InChI is InChI=1S/C21H23FN6O/c22-16-6-2-4-8-18(16)24-21(29)27-13-11-26(12-14-27)20-19-15-5-1-3-7-17(15)25-28(19)10-9-23-20/h2,4,6,8-10H,1,3,5,7,11-14H2,(H,24,29). The van der Waals surface area contributed by atoms with E-state index >= 15 is 0 Å². The van der Waals surface area contributed by atoms with Gasteiger partial charge in [-0.1, -0.05) is 12.1 Å². The number of para-hydroxylation sites is 1. The lowest BCUT2D eigenvalue weighted by atomic mass is 9.97. The van der Waals surface area contributed by atoms with Gasteiger partial charge in [-0.3, -0.25) is 0 Å². The molecule has 2 aromatic heterocycles. The molecule has 0 saturated carbocycles. The lowest BCUT2D eigenvalue weighted by molar-refractivity contribution is 0.208. The molecule has 0 radical (unpaired) electrons. The molecule has 150 valence electrons. The third kappa shape index (κ3) is 3.28. The average Bonchev–Trinajstić information content (AvgIpc) is 3.14. The molecule has 29 heavy (non-hydrogen) atoms. The number of nitrogens with zero attached hydrogens (tertiary/aromatic N) is 5. The molecule has 8 heteroatoms. The van der Waals surface area contributed by atoms with Crippen LogP contribution in [0, 0.1) is 5.82 Å². The predicted molar refractivity (Wildman–Crippen MR) is 109 cm³/mol. The van der Waals surface area contributed by atoms with Crippen LogP contribution in [0.5, 0.6) is 0 Å². The van der Waals surface area contributed by atoms with Gasteiger partial charge in [0, 0.05) is 44.1 Å². The summed E-state index contributed by atoms with van der Waals surface area (Å²) in [6.07, 6.45) is 8.15. The predicted octanol–water partition coefficient (Wildman–Crippen LogP) is 3.10. The van der Waals surface area contributed by atoms with E-state index in [0.29, 0.717) is 26.2 Å². The van der Waals surface area contributed by atoms with Crippen molar-refractivity contribution in [1.29, 1.82) is 0 Å². The molecule has 0 atom stereocenters. The SMILES string of the molecule is O=C(Nc1ccccc1F)N1CCN(c2nccn3nc4c(c23)CCCC4)CC1. The molecule has 1 N–H and O–H groups in total. The van der Waals surface area contributed by atoms with Crippen molar-refractivity contribution in [1.82, 2.24) is 19.5 Å². The fraction of sp³-hybridized carbons (Fsp3) is 0.381. The van der Waals surface area contributed by atoms with Gasteiger partial charge in [0.05, 0.1) is 11.4 Å². The number of nitrogens with one attached hydrogen (secondary N) is 1. The number of benzene rings is 1. The first-order valence-electron chi connectivity index (χ1n) is 10.1. The van der Waals surface area contributed by atoms with Crippen LogP contribution < -0.4 is 10.2 Å². The van der Waals surface area contributed by atoms with Crippen molar-refractivity contribution in [2.75, 3.05) is 36.4 Å². The van der Waals surface area contributed by atoms with Crippen molar-refractivity contribution in [3.63, 3.8) is 0 Å². The first-order chi connectivity index (χ1) is 14.2. The topological polar surface area (TPSA) is 65.8 Å². The summed E-state index contributed by atoms with van der Waals surface area (Å²) in [6.45, 7) is 2.47. The number of piperazine rings is 1. The second-order valence-corrected chi connectivity index (χ2v) is 7.56. The van der Waals surface area contributed by atoms with Crippen molar-refractivity contribution in [2.24, 2.45) is 0 Å². The molecule has 3 aromatic rings. The highest BCUT2D eigenvalue weighted by molar-refractivity contribution is 5.89. The number of rotatable bonds is 2. The summed E-state index contributed by atoms with van der Waals surface area (Å²) < 4.78 is 15.8. The smallest absolute Gasteiger partial charge is 0.322 e. The van der Waals surface area contributed by atoms with Gasteiger partial charge in [-0.15, -0.1) is 0 Å². The molecule has 2 aliphatic rings. The average molecular weight is 394 g/mol. The van der Waals surface area contributed by atoms with Crippen molar-refractivity contribution in [3.8, 4) is 0 Å². The maximum atomic E-state index is 13.8. The third-order valence-corrected chi connectivity index (χ3v) is 5.78. The Morgan fingerprint density at radius 3 is 2.69 bits per heavy atom. The van der Waals surface area contributed by atoms with Crippen molar-refractivity contribution >= 4 is 23.1 Å². The number of halogens is 1. The Morgan fingerprint density at radius 1 is 1.07 bits per heavy atom. The van der Waals surface area contributed by atoms with Crippen molar-refractivity contribution in [2.45, 2.75) is 25.7 Å². The summed E-state index contributed by atoms with van der Waals surface area (Å²) in [5.74, 6) is 0.512. The molecule has 1 aliphatic heterocycles. The fourth-order valence-corrected chi connectivity index (χ4v) is 4.26. The van der Waals surface area contributed by atoms with Crippen LogP contribution in [-0.4, -0.2) is 51.7 Å². The first-order valence-corrected chi connectivity index (χ1v) is 10.1. The van der Waals surface area contributed by atoms with E-state index in [9.17, 15) is 9.18 Å². The zero-order valence-corrected chi connectivity index (χ0v) is 16.1. The Labute approximate surface area is 168 Å². The summed E-state index contributed by atoms with van der Waals surface area (Å²) in [4.78, 5) is 21.1. The van der Waals surface area contributed by atoms with E-state index in [2.05, 4.69) is 15.2 Å². The number of hydrogen-bond acceptors (Lipinski definition) is 4. The molecule has 0 unspecified atom stereocenters. The number of aromatic nitrogens is 3. The second-order valence-electron chi connectivity index (χ2n) is 7.56. The maximum absolute atomic E-state index is 13.8. The summed E-state index contributed by atoms with van der Waals surface area (Å²) in [7, 11) is 0. The highest BCUT2D eigenvalue weighted by atomic mass is 19.1. The minimum Gasteiger partial charge on any atom is -0.351 e. The Hall–Kier alpha value is -3.16. The van der Waals surface area contributed by atoms with E-state index in [0.717, 1.165) is 24.2 Å². The van der Waals surface area contributed by atoms with E-state index < -0.39 is 5.82 Å². The van der Waals surface area contributed by atoms with Crippen LogP contribution in [0.3, 0.4) is 0 Å². The van der Waals surface area contributed by atoms with Gasteiger partial charge in [-0.05, 0) is 37.8 Å². The van der Waals surface area contributed by atoms with E-state index in [4.69, 9.17) is 5.10 Å². The van der Waals surface area contributed by atoms with Gasteiger partial charge in [0.25, 0.3) is 0 Å². The number of aryl methyl sites for hydroxylation is 2. The second kappa shape index (κ2) is 7.35. The van der Waals surface area contributed by atoms with Crippen LogP contribution in [0.15, 0.2) is 36.7 Å². The molecular weight excluding hydrogens is 371 g/mol. The molecule has 1 aliphatic carbocycles. The number of hydrogen-bond donors (Lipinski definition) is 1. The molecule has 5 rings (SSSR count). The molecule has 1 saturated heterocycles. The van der Waals surface area contributed by atoms with Crippen LogP contribution in [-0.2, 0) is 12.8 Å². The minimum absolute atomic E-state index is 0.206. The van der Waals surface area contributed by atoms with Crippen LogP contribution in [0.25, 0.3) is 5.52 Å². The number of carbonyl (C=O) groups is 1. The van der Waals surface area contributed by atoms with E-state index in [1.807, 2.05) is 10.7 Å². The number of fused-ring (bicyclic) bond motifs is 3. The van der Waals surface area contributed by atoms with Gasteiger partial charge < -0.3 is 15.1 Å². The van der Waals surface area contributed by atoms with Crippen LogP contribution >= 0.6 is 0 Å². The number of urea groups is 1. The molecule has 0 bridgehead atoms. The third-order valence-electron chi connectivity index (χ3n) is 5.78. The van der Waals surface area contributed by atoms with Crippen LogP contribution in [0.2, 0.25) is 0 Å². The van der Waals surface area contributed by atoms with Crippen LogP contribution in [0.4, 0.5) is 20.7 Å². The molecule has 3 heterocycles. The lowest BCUT2D eigenvalue weighted by Gasteiger charge is -2.35. The lowest BCUT2D eigenvalue weighted by Crippen LogP contribution is -2.50. The monoisotopic (exact) mass is 394 g/mol. The quantitative estimate of drug-likeness (QED) is 0.725. The van der Waals surface area contributed by atoms with E-state index in [1.165, 1.54) is 30.2 Å². The van der Waals surface area contributed by atoms with Gasteiger partial charge in [-0.25, -0.2) is 18.7 Å². The largest absolute Gasteiger partial charge is 0.351 e. The summed E-state index contributed by atoms with van der Waals surface area (Å²) in [5, 5.41) is 7.41. The molecule has 2 amide bonds. The normalized spacial score (nSPS) is 16.7. The highest BCUT2D eigenvalue weighted by Crippen LogP contribution is 2.30. The number of carbonyl (C=O) groups excluding carboxylic acids is 1. The Kier molecular flexibility index (Phi) is 4.54. The van der Waals surface area contributed by atoms with E-state index in [1.54, 1.807) is 29.3 Å². The molecule has 1 aromatic carbocycles. The van der Waals surface area contributed by atoms with Crippen molar-refractivity contribution < 1.29 is 9.18 Å². The fourth-order valence-electron chi connectivity index (χ4n) is 4.26. The van der Waals surface area contributed by atoms with Gasteiger partial charge in [0.1, 0.15) is 11.3 Å². The maximum Gasteiger partial charge on any atom is 0.322 e. The molecule has 7 nitrogen and oxygen atoms in total. The number of anilines is 2. The summed E-state index contributed by atoms with van der Waals surface area (Å²) >= 11 is 0. The zero-order chi connectivity index (χ0) is 19.8. The Balaban J connectivity index is 1.32. The van der Waals surface area contributed by atoms with Gasteiger partial charge in [0.15, 0.2) is 5.82 Å². The molecular formula is C21H23FN6O. The van der Waals surface area contributed by atoms with Gasteiger partial charge in [0.2, 0.25) is 0 Å². The first kappa shape index (κ1) is 17.9. The highest BCUT2D eigenvalue weighted by Gasteiger charge is 2.26. The van der Waals surface area contributed by atoms with Gasteiger partial charge in [-0.2, -0.15) is 5.10 Å². The summed E-state index contributed by atoms with van der Waals surface area (Å²) in [5.41, 5.74) is 3.82. The minimum atomic E-state index is -0.430. The van der Waals surface area contributed by atoms with Crippen LogP contribution in [0.1, 0.15) is 24.1 Å².